The minimum atomic E-state index is -0.742. The van der Waals surface area contributed by atoms with Crippen molar-refractivity contribution < 1.29 is 4.79 Å². The standard InChI is InChI=1S/C23H27N3O3/c1-15(2)13-24-21(27)17(4)26-20-11-10-16(3)12-19(20)22(28)25(23(26)29)14-18-8-6-5-7-9-18/h5-12,15,17H,13-14H2,1-4H3,(H,24,27). The highest BCUT2D eigenvalue weighted by molar-refractivity contribution is 5.84. The van der Waals surface area contributed by atoms with Crippen LogP contribution in [0.25, 0.3) is 10.9 Å². The molecule has 0 saturated heterocycles. The van der Waals surface area contributed by atoms with Crippen molar-refractivity contribution in [1.82, 2.24) is 14.5 Å². The highest BCUT2D eigenvalue weighted by Gasteiger charge is 2.22. The number of benzene rings is 2. The quantitative estimate of drug-likeness (QED) is 0.700. The van der Waals surface area contributed by atoms with Crippen molar-refractivity contribution >= 4 is 16.8 Å². The largest absolute Gasteiger partial charge is 0.354 e. The Hall–Kier alpha value is -3.15. The van der Waals surface area contributed by atoms with E-state index in [0.717, 1.165) is 11.1 Å². The maximum Gasteiger partial charge on any atom is 0.332 e. The minimum Gasteiger partial charge on any atom is -0.354 e. The van der Waals surface area contributed by atoms with Gasteiger partial charge in [0.2, 0.25) is 5.91 Å². The van der Waals surface area contributed by atoms with Gasteiger partial charge < -0.3 is 5.32 Å². The number of aromatic nitrogens is 2. The molecular weight excluding hydrogens is 366 g/mol. The molecule has 0 fully saturated rings. The molecule has 0 spiro atoms. The number of amides is 1. The van der Waals surface area contributed by atoms with E-state index in [0.29, 0.717) is 23.4 Å². The fourth-order valence-corrected chi connectivity index (χ4v) is 3.35. The van der Waals surface area contributed by atoms with Gasteiger partial charge in [-0.2, -0.15) is 0 Å². The van der Waals surface area contributed by atoms with Crippen molar-refractivity contribution in [3.63, 3.8) is 0 Å². The average Bonchev–Trinajstić information content (AvgIpc) is 2.70. The van der Waals surface area contributed by atoms with Gasteiger partial charge in [0.15, 0.2) is 0 Å². The van der Waals surface area contributed by atoms with Crippen molar-refractivity contribution in [1.29, 1.82) is 0 Å². The van der Waals surface area contributed by atoms with Gasteiger partial charge in [0.05, 0.1) is 17.4 Å². The maximum atomic E-state index is 13.3. The summed E-state index contributed by atoms with van der Waals surface area (Å²) >= 11 is 0. The third-order valence-corrected chi connectivity index (χ3v) is 4.96. The number of carbonyl (C=O) groups excluding carboxylic acids is 1. The number of aryl methyl sites for hydroxylation is 1. The number of carbonyl (C=O) groups is 1. The molecule has 2 aromatic carbocycles. The molecule has 152 valence electrons. The van der Waals surface area contributed by atoms with E-state index in [2.05, 4.69) is 5.32 Å². The van der Waals surface area contributed by atoms with Gasteiger partial charge in [-0.05, 0) is 37.5 Å². The van der Waals surface area contributed by atoms with Crippen molar-refractivity contribution in [2.45, 2.75) is 40.3 Å². The van der Waals surface area contributed by atoms with Crippen LogP contribution in [0.3, 0.4) is 0 Å². The Morgan fingerprint density at radius 1 is 1.03 bits per heavy atom. The van der Waals surface area contributed by atoms with Crippen LogP contribution >= 0.6 is 0 Å². The van der Waals surface area contributed by atoms with E-state index < -0.39 is 11.7 Å². The Balaban J connectivity index is 2.19. The average molecular weight is 393 g/mol. The molecule has 1 atom stereocenters. The molecule has 3 rings (SSSR count). The summed E-state index contributed by atoms with van der Waals surface area (Å²) in [4.78, 5) is 39.1. The highest BCUT2D eigenvalue weighted by atomic mass is 16.2. The number of fused-ring (bicyclic) bond motifs is 1. The molecule has 6 nitrogen and oxygen atoms in total. The van der Waals surface area contributed by atoms with Crippen LogP contribution in [0, 0.1) is 12.8 Å². The molecular formula is C23H27N3O3. The molecule has 0 aliphatic heterocycles. The first kappa shape index (κ1) is 20.6. The molecule has 3 aromatic rings. The number of hydrogen-bond acceptors (Lipinski definition) is 3. The van der Waals surface area contributed by atoms with Gasteiger partial charge in [0, 0.05) is 6.54 Å². The van der Waals surface area contributed by atoms with Gasteiger partial charge in [-0.15, -0.1) is 0 Å². The summed E-state index contributed by atoms with van der Waals surface area (Å²) in [7, 11) is 0. The molecule has 29 heavy (non-hydrogen) atoms. The predicted molar refractivity (Wildman–Crippen MR) is 115 cm³/mol. The molecule has 1 unspecified atom stereocenters. The van der Waals surface area contributed by atoms with Gasteiger partial charge >= 0.3 is 5.69 Å². The zero-order valence-corrected chi connectivity index (χ0v) is 17.3. The molecule has 0 aliphatic rings. The number of hydrogen-bond donors (Lipinski definition) is 1. The molecule has 0 radical (unpaired) electrons. The summed E-state index contributed by atoms with van der Waals surface area (Å²) in [5.74, 6) is 0.0573. The summed E-state index contributed by atoms with van der Waals surface area (Å²) in [6.45, 7) is 8.29. The van der Waals surface area contributed by atoms with Crippen molar-refractivity contribution in [3.05, 3.63) is 80.5 Å². The lowest BCUT2D eigenvalue weighted by atomic mass is 10.1. The summed E-state index contributed by atoms with van der Waals surface area (Å²) in [5, 5.41) is 3.32. The fourth-order valence-electron chi connectivity index (χ4n) is 3.35. The van der Waals surface area contributed by atoms with Crippen LogP contribution in [-0.4, -0.2) is 21.6 Å². The Kier molecular flexibility index (Phi) is 6.01. The van der Waals surface area contributed by atoms with E-state index in [1.165, 1.54) is 9.13 Å². The zero-order valence-electron chi connectivity index (χ0n) is 17.3. The smallest absolute Gasteiger partial charge is 0.332 e. The topological polar surface area (TPSA) is 73.1 Å². The molecule has 1 amide bonds. The van der Waals surface area contributed by atoms with E-state index in [-0.39, 0.29) is 18.0 Å². The third-order valence-electron chi connectivity index (χ3n) is 4.96. The molecule has 1 N–H and O–H groups in total. The summed E-state index contributed by atoms with van der Waals surface area (Å²) in [5.41, 5.74) is 1.42. The second kappa shape index (κ2) is 8.47. The van der Waals surface area contributed by atoms with Crippen LogP contribution in [-0.2, 0) is 11.3 Å². The monoisotopic (exact) mass is 393 g/mol. The minimum absolute atomic E-state index is 0.155. The van der Waals surface area contributed by atoms with Gasteiger partial charge in [-0.3, -0.25) is 18.7 Å². The van der Waals surface area contributed by atoms with Crippen molar-refractivity contribution in [2.24, 2.45) is 5.92 Å². The molecule has 0 aliphatic carbocycles. The van der Waals surface area contributed by atoms with E-state index in [4.69, 9.17) is 0 Å². The number of nitrogens with one attached hydrogen (secondary N) is 1. The van der Waals surface area contributed by atoms with E-state index in [1.54, 1.807) is 19.1 Å². The van der Waals surface area contributed by atoms with Gasteiger partial charge in [-0.1, -0.05) is 55.8 Å². The number of nitrogens with zero attached hydrogens (tertiary/aromatic N) is 2. The van der Waals surface area contributed by atoms with E-state index >= 15 is 0 Å². The van der Waals surface area contributed by atoms with Crippen LogP contribution in [0.15, 0.2) is 58.1 Å². The summed E-state index contributed by atoms with van der Waals surface area (Å²) < 4.78 is 2.64. The Morgan fingerprint density at radius 3 is 2.38 bits per heavy atom. The van der Waals surface area contributed by atoms with Crippen molar-refractivity contribution in [3.8, 4) is 0 Å². The molecule has 0 saturated carbocycles. The van der Waals surface area contributed by atoms with Gasteiger partial charge in [-0.25, -0.2) is 4.79 Å². The second-order valence-electron chi connectivity index (χ2n) is 7.87. The van der Waals surface area contributed by atoms with Crippen LogP contribution in [0.4, 0.5) is 0 Å². The Morgan fingerprint density at radius 2 is 1.72 bits per heavy atom. The Labute approximate surface area is 169 Å². The lowest BCUT2D eigenvalue weighted by Gasteiger charge is -2.20. The zero-order chi connectivity index (χ0) is 21.1. The summed E-state index contributed by atoms with van der Waals surface area (Å²) in [6, 6.07) is 14.0. The molecule has 1 heterocycles. The Bertz CT molecular complexity index is 1140. The first-order valence-corrected chi connectivity index (χ1v) is 9.87. The second-order valence-corrected chi connectivity index (χ2v) is 7.87. The first-order valence-electron chi connectivity index (χ1n) is 9.87. The van der Waals surface area contributed by atoms with Gasteiger partial charge in [0.1, 0.15) is 6.04 Å². The van der Waals surface area contributed by atoms with Crippen LogP contribution in [0.1, 0.15) is 37.9 Å². The highest BCUT2D eigenvalue weighted by Crippen LogP contribution is 2.16. The van der Waals surface area contributed by atoms with E-state index in [9.17, 15) is 14.4 Å². The maximum absolute atomic E-state index is 13.3. The first-order chi connectivity index (χ1) is 13.8. The summed E-state index contributed by atoms with van der Waals surface area (Å²) in [6.07, 6.45) is 0. The SMILES string of the molecule is Cc1ccc2c(c1)c(=O)n(Cc1ccccc1)c(=O)n2C(C)C(=O)NCC(C)C. The van der Waals surface area contributed by atoms with Crippen LogP contribution < -0.4 is 16.6 Å². The molecule has 0 bridgehead atoms. The lowest BCUT2D eigenvalue weighted by molar-refractivity contribution is -0.124. The van der Waals surface area contributed by atoms with Crippen LogP contribution in [0.2, 0.25) is 0 Å². The number of rotatable bonds is 6. The van der Waals surface area contributed by atoms with E-state index in [1.807, 2.05) is 57.2 Å². The van der Waals surface area contributed by atoms with Gasteiger partial charge in [0.25, 0.3) is 5.56 Å². The normalized spacial score (nSPS) is 12.3. The molecule has 1 aromatic heterocycles. The third kappa shape index (κ3) is 4.31. The van der Waals surface area contributed by atoms with Crippen molar-refractivity contribution in [2.75, 3.05) is 6.54 Å². The van der Waals surface area contributed by atoms with Crippen LogP contribution in [0.5, 0.6) is 0 Å². The predicted octanol–water partition coefficient (Wildman–Crippen LogP) is 2.85. The fraction of sp³-hybridized carbons (Fsp3) is 0.348. The molecule has 6 heteroatoms. The lowest BCUT2D eigenvalue weighted by Crippen LogP contribution is -2.45.